The summed E-state index contributed by atoms with van der Waals surface area (Å²) in [5.74, 6) is -0.275. The first-order valence-electron chi connectivity index (χ1n) is 6.14. The fourth-order valence-electron chi connectivity index (χ4n) is 1.64. The van der Waals surface area contributed by atoms with Crippen molar-refractivity contribution in [2.45, 2.75) is 12.8 Å². The van der Waals surface area contributed by atoms with Gasteiger partial charge in [0, 0.05) is 18.8 Å². The van der Waals surface area contributed by atoms with Crippen LogP contribution >= 0.6 is 0 Å². The van der Waals surface area contributed by atoms with E-state index in [0.29, 0.717) is 5.69 Å². The van der Waals surface area contributed by atoms with Crippen molar-refractivity contribution in [1.29, 1.82) is 5.41 Å². The molecule has 0 unspecified atom stereocenters. The molecule has 6 nitrogen and oxygen atoms in total. The summed E-state index contributed by atoms with van der Waals surface area (Å²) in [4.78, 5) is 5.67. The minimum atomic E-state index is -4.72. The number of halogens is 3. The van der Waals surface area contributed by atoms with Crippen molar-refractivity contribution in [2.75, 3.05) is 18.4 Å². The third-order valence-electron chi connectivity index (χ3n) is 2.76. The summed E-state index contributed by atoms with van der Waals surface area (Å²) in [6, 6.07) is 4.99. The van der Waals surface area contributed by atoms with Gasteiger partial charge in [0.1, 0.15) is 5.75 Å². The number of hydrogen-bond donors (Lipinski definition) is 3. The molecule has 4 N–H and O–H groups in total. The van der Waals surface area contributed by atoms with Gasteiger partial charge in [0.2, 0.25) is 5.96 Å². The van der Waals surface area contributed by atoms with Crippen molar-refractivity contribution in [1.82, 2.24) is 4.90 Å². The number of nitrogens with two attached hydrogens (primary N) is 1. The van der Waals surface area contributed by atoms with Crippen molar-refractivity contribution in [3.63, 3.8) is 0 Å². The van der Waals surface area contributed by atoms with E-state index in [2.05, 4.69) is 15.0 Å². The summed E-state index contributed by atoms with van der Waals surface area (Å²) in [6.07, 6.45) is -3.69. The fourth-order valence-corrected chi connectivity index (χ4v) is 1.64. The van der Waals surface area contributed by atoms with Crippen molar-refractivity contribution in [3.8, 4) is 5.75 Å². The Balaban J connectivity index is 1.92. The molecule has 21 heavy (non-hydrogen) atoms. The van der Waals surface area contributed by atoms with Gasteiger partial charge in [-0.25, -0.2) is 0 Å². The molecule has 1 aromatic rings. The maximum Gasteiger partial charge on any atom is 0.573 e. The van der Waals surface area contributed by atoms with Crippen molar-refractivity contribution in [2.24, 2.45) is 10.7 Å². The number of anilines is 1. The highest BCUT2D eigenvalue weighted by Crippen LogP contribution is 2.23. The van der Waals surface area contributed by atoms with Crippen LogP contribution < -0.4 is 15.8 Å². The molecule has 0 amide bonds. The lowest BCUT2D eigenvalue weighted by Crippen LogP contribution is -2.46. The van der Waals surface area contributed by atoms with Crippen LogP contribution in [0.5, 0.6) is 5.75 Å². The summed E-state index contributed by atoms with van der Waals surface area (Å²) in [6.45, 7) is 1.62. The van der Waals surface area contributed by atoms with E-state index in [-0.39, 0.29) is 17.7 Å². The Labute approximate surface area is 118 Å². The smallest absolute Gasteiger partial charge is 0.406 e. The monoisotopic (exact) mass is 301 g/mol. The van der Waals surface area contributed by atoms with E-state index in [0.717, 1.165) is 31.6 Å². The molecule has 0 spiro atoms. The largest absolute Gasteiger partial charge is 0.573 e. The first-order valence-corrected chi connectivity index (χ1v) is 6.14. The molecular formula is C12H14F3N5O. The molecule has 0 atom stereocenters. The lowest BCUT2D eigenvalue weighted by molar-refractivity contribution is -0.274. The Bertz CT molecular complexity index is 537. The minimum Gasteiger partial charge on any atom is -0.406 e. The average Bonchev–Trinajstić information content (AvgIpc) is 2.27. The second kappa shape index (κ2) is 5.90. The Hall–Kier alpha value is -2.45. The Morgan fingerprint density at radius 3 is 2.38 bits per heavy atom. The summed E-state index contributed by atoms with van der Waals surface area (Å²) < 4.78 is 39.7. The highest BCUT2D eigenvalue weighted by molar-refractivity contribution is 6.00. The third-order valence-corrected chi connectivity index (χ3v) is 2.76. The topological polar surface area (TPSA) is 86.7 Å². The van der Waals surface area contributed by atoms with Gasteiger partial charge in [-0.05, 0) is 30.7 Å². The summed E-state index contributed by atoms with van der Waals surface area (Å²) in [5, 5.41) is 10.2. The molecule has 1 aliphatic rings. The molecule has 0 radical (unpaired) electrons. The zero-order valence-electron chi connectivity index (χ0n) is 10.9. The van der Waals surface area contributed by atoms with E-state index in [1.807, 2.05) is 4.90 Å². The Kier molecular flexibility index (Phi) is 4.20. The molecule has 1 saturated heterocycles. The van der Waals surface area contributed by atoms with Gasteiger partial charge in [0.05, 0.1) is 0 Å². The second-order valence-corrected chi connectivity index (χ2v) is 4.36. The number of alkyl halides is 3. The lowest BCUT2D eigenvalue weighted by atomic mass is 10.2. The number of benzene rings is 1. The number of aliphatic imine (C=N–C) groups is 1. The number of guanidine groups is 2. The predicted octanol–water partition coefficient (Wildman–Crippen LogP) is 1.95. The van der Waals surface area contributed by atoms with E-state index in [4.69, 9.17) is 11.1 Å². The molecule has 9 heteroatoms. The molecule has 1 heterocycles. The molecule has 0 aliphatic carbocycles. The normalized spacial score (nSPS) is 15.4. The summed E-state index contributed by atoms with van der Waals surface area (Å²) >= 11 is 0. The number of rotatable bonds is 2. The van der Waals surface area contributed by atoms with Gasteiger partial charge in [0.25, 0.3) is 0 Å². The Morgan fingerprint density at radius 1 is 1.29 bits per heavy atom. The zero-order valence-corrected chi connectivity index (χ0v) is 10.9. The van der Waals surface area contributed by atoms with Crippen LogP contribution in [0.25, 0.3) is 0 Å². The second-order valence-electron chi connectivity index (χ2n) is 4.36. The Morgan fingerprint density at radius 2 is 1.90 bits per heavy atom. The molecular weight excluding hydrogens is 287 g/mol. The van der Waals surface area contributed by atoms with Crippen LogP contribution in [0.3, 0.4) is 0 Å². The molecule has 114 valence electrons. The van der Waals surface area contributed by atoms with Gasteiger partial charge in [-0.1, -0.05) is 0 Å². The first-order chi connectivity index (χ1) is 9.83. The van der Waals surface area contributed by atoms with Gasteiger partial charge >= 0.3 is 6.36 Å². The van der Waals surface area contributed by atoms with E-state index in [1.54, 1.807) is 0 Å². The van der Waals surface area contributed by atoms with E-state index < -0.39 is 6.36 Å². The molecule has 0 bridgehead atoms. The van der Waals surface area contributed by atoms with Gasteiger partial charge in [-0.3, -0.25) is 5.41 Å². The number of nitrogens with one attached hydrogen (secondary N) is 2. The van der Waals surface area contributed by atoms with Crippen LogP contribution in [0.1, 0.15) is 6.42 Å². The van der Waals surface area contributed by atoms with Gasteiger partial charge in [-0.15, -0.1) is 13.2 Å². The molecule has 0 saturated carbocycles. The summed E-state index contributed by atoms with van der Waals surface area (Å²) in [5.41, 5.74) is 6.09. The van der Waals surface area contributed by atoms with Crippen molar-refractivity contribution >= 4 is 17.6 Å². The maximum atomic E-state index is 12.0. The molecule has 1 fully saturated rings. The molecule has 2 rings (SSSR count). The zero-order chi connectivity index (χ0) is 15.5. The van der Waals surface area contributed by atoms with Crippen LogP contribution in [0, 0.1) is 5.41 Å². The first kappa shape index (κ1) is 14.9. The van der Waals surface area contributed by atoms with E-state index >= 15 is 0 Å². The van der Waals surface area contributed by atoms with Crippen LogP contribution in [0.2, 0.25) is 0 Å². The number of nitrogens with zero attached hydrogens (tertiary/aromatic N) is 2. The van der Waals surface area contributed by atoms with Gasteiger partial charge in [-0.2, -0.15) is 4.99 Å². The minimum absolute atomic E-state index is 0.191. The number of likely N-dealkylation sites (tertiary alicyclic amines) is 1. The highest BCUT2D eigenvalue weighted by atomic mass is 19.4. The quantitative estimate of drug-likeness (QED) is 0.575. The standard InChI is InChI=1S/C12H14F3N5O/c13-12(14,15)21-9-4-2-8(3-5-9)18-10(16)19-11(17)20-6-1-7-20/h2-5H,1,6-7H2,(H4,16,17,18,19). The van der Waals surface area contributed by atoms with Crippen LogP contribution in [0.15, 0.2) is 29.3 Å². The average molecular weight is 301 g/mol. The molecule has 1 aliphatic heterocycles. The van der Waals surface area contributed by atoms with Crippen LogP contribution in [0.4, 0.5) is 18.9 Å². The van der Waals surface area contributed by atoms with Crippen LogP contribution in [-0.4, -0.2) is 36.3 Å². The van der Waals surface area contributed by atoms with Gasteiger partial charge < -0.3 is 20.7 Å². The van der Waals surface area contributed by atoms with Crippen LogP contribution in [-0.2, 0) is 0 Å². The predicted molar refractivity (Wildman–Crippen MR) is 72.3 cm³/mol. The fraction of sp³-hybridized carbons (Fsp3) is 0.333. The molecule has 0 aromatic heterocycles. The van der Waals surface area contributed by atoms with E-state index in [1.165, 1.54) is 12.1 Å². The van der Waals surface area contributed by atoms with E-state index in [9.17, 15) is 13.2 Å². The number of hydrogen-bond acceptors (Lipinski definition) is 2. The number of ether oxygens (including phenoxy) is 1. The SMILES string of the molecule is N=C(N=C(N)N1CCC1)Nc1ccc(OC(F)(F)F)cc1. The van der Waals surface area contributed by atoms with Gasteiger partial charge in [0.15, 0.2) is 5.96 Å². The maximum absolute atomic E-state index is 12.0. The van der Waals surface area contributed by atoms with Crippen molar-refractivity contribution in [3.05, 3.63) is 24.3 Å². The van der Waals surface area contributed by atoms with Crippen molar-refractivity contribution < 1.29 is 17.9 Å². The lowest BCUT2D eigenvalue weighted by Gasteiger charge is -2.31. The molecule has 1 aromatic carbocycles. The highest BCUT2D eigenvalue weighted by Gasteiger charge is 2.30. The third kappa shape index (κ3) is 4.55. The summed E-state index contributed by atoms with van der Waals surface area (Å²) in [7, 11) is 0.